The van der Waals surface area contributed by atoms with Crippen LogP contribution in [0.3, 0.4) is 0 Å². The predicted molar refractivity (Wildman–Crippen MR) is 54.3 cm³/mol. The summed E-state index contributed by atoms with van der Waals surface area (Å²) in [6.07, 6.45) is 2.63. The molecular weight excluding hydrogens is 182 g/mol. The second-order valence-corrected chi connectivity index (χ2v) is 3.83. The molecule has 1 heterocycles. The molecule has 1 aliphatic heterocycles. The van der Waals surface area contributed by atoms with Gasteiger partial charge in [-0.25, -0.2) is 0 Å². The molecule has 0 saturated carbocycles. The Labute approximate surface area is 84.2 Å². The van der Waals surface area contributed by atoms with Crippen LogP contribution in [0.25, 0.3) is 0 Å². The van der Waals surface area contributed by atoms with E-state index in [4.69, 9.17) is 16.0 Å². The number of nitrogens with two attached hydrogens (primary N) is 1. The van der Waals surface area contributed by atoms with Crippen molar-refractivity contribution in [3.05, 3.63) is 0 Å². The van der Waals surface area contributed by atoms with Gasteiger partial charge in [0.1, 0.15) is 5.84 Å². The number of hydrogen-bond acceptors (Lipinski definition) is 4. The molecule has 14 heavy (non-hydrogen) atoms. The highest BCUT2D eigenvalue weighted by molar-refractivity contribution is 5.79. The number of nitrogens with zero attached hydrogens (tertiary/aromatic N) is 2. The van der Waals surface area contributed by atoms with Gasteiger partial charge in [-0.15, -0.1) is 0 Å². The van der Waals surface area contributed by atoms with E-state index in [1.807, 2.05) is 0 Å². The first-order valence-corrected chi connectivity index (χ1v) is 5.06. The third kappa shape index (κ3) is 3.51. The lowest BCUT2D eigenvalue weighted by molar-refractivity contribution is 0.221. The fourth-order valence-corrected chi connectivity index (χ4v) is 1.80. The molecule has 0 amide bonds. The number of aliphatic hydroxyl groups excluding tert-OH is 1. The maximum Gasteiger partial charge on any atom is 0.139 e. The normalized spacial score (nSPS) is 24.4. The fraction of sp³-hybridized carbons (Fsp3) is 0.889. The van der Waals surface area contributed by atoms with Gasteiger partial charge in [-0.05, 0) is 31.8 Å². The maximum absolute atomic E-state index is 8.94. The van der Waals surface area contributed by atoms with Gasteiger partial charge in [0, 0.05) is 19.6 Å². The molecule has 0 aromatic rings. The van der Waals surface area contributed by atoms with Crippen LogP contribution in [-0.4, -0.2) is 47.3 Å². The molecule has 1 unspecified atom stereocenters. The first-order chi connectivity index (χ1) is 6.76. The van der Waals surface area contributed by atoms with Crippen LogP contribution in [-0.2, 0) is 0 Å². The minimum Gasteiger partial charge on any atom is -0.409 e. The average molecular weight is 201 g/mol. The number of oxime groups is 1. The summed E-state index contributed by atoms with van der Waals surface area (Å²) in [5, 5.41) is 20.2. The summed E-state index contributed by atoms with van der Waals surface area (Å²) in [6.45, 7) is 3.29. The zero-order chi connectivity index (χ0) is 10.4. The van der Waals surface area contributed by atoms with E-state index < -0.39 is 0 Å². The Morgan fingerprint density at radius 3 is 2.93 bits per heavy atom. The molecule has 0 radical (unpaired) electrons. The minimum atomic E-state index is 0.288. The van der Waals surface area contributed by atoms with E-state index >= 15 is 0 Å². The van der Waals surface area contributed by atoms with Crippen LogP contribution in [0.4, 0.5) is 0 Å². The van der Waals surface area contributed by atoms with E-state index in [1.165, 1.54) is 0 Å². The Balaban J connectivity index is 2.08. The first-order valence-electron chi connectivity index (χ1n) is 5.06. The van der Waals surface area contributed by atoms with Gasteiger partial charge in [-0.2, -0.15) is 0 Å². The maximum atomic E-state index is 8.94. The summed E-state index contributed by atoms with van der Waals surface area (Å²) < 4.78 is 0. The highest BCUT2D eigenvalue weighted by atomic mass is 16.4. The van der Waals surface area contributed by atoms with Gasteiger partial charge < -0.3 is 20.9 Å². The van der Waals surface area contributed by atoms with Crippen molar-refractivity contribution in [2.45, 2.75) is 19.3 Å². The number of rotatable bonds is 5. The number of likely N-dealkylation sites (tertiary alicyclic amines) is 1. The molecule has 4 N–H and O–H groups in total. The van der Waals surface area contributed by atoms with Crippen LogP contribution in [0.5, 0.6) is 0 Å². The van der Waals surface area contributed by atoms with Crippen LogP contribution in [0, 0.1) is 5.92 Å². The molecule has 0 bridgehead atoms. The molecule has 5 heteroatoms. The van der Waals surface area contributed by atoms with Crippen molar-refractivity contribution in [2.24, 2.45) is 16.8 Å². The van der Waals surface area contributed by atoms with E-state index in [1.54, 1.807) is 0 Å². The lowest BCUT2D eigenvalue weighted by atomic mass is 10.1. The van der Waals surface area contributed by atoms with E-state index in [0.717, 1.165) is 32.5 Å². The van der Waals surface area contributed by atoms with E-state index in [-0.39, 0.29) is 6.61 Å². The lowest BCUT2D eigenvalue weighted by Crippen LogP contribution is -2.24. The third-order valence-electron chi connectivity index (χ3n) is 2.66. The van der Waals surface area contributed by atoms with Crippen molar-refractivity contribution in [1.82, 2.24) is 4.90 Å². The van der Waals surface area contributed by atoms with E-state index in [0.29, 0.717) is 18.2 Å². The second-order valence-electron chi connectivity index (χ2n) is 3.83. The third-order valence-corrected chi connectivity index (χ3v) is 2.66. The molecule has 0 aliphatic carbocycles. The van der Waals surface area contributed by atoms with Crippen LogP contribution in [0.1, 0.15) is 19.3 Å². The molecule has 1 fully saturated rings. The van der Waals surface area contributed by atoms with Gasteiger partial charge in [-0.3, -0.25) is 0 Å². The topological polar surface area (TPSA) is 82.1 Å². The SMILES string of the molecule is NC(CCCN1CCC(CO)C1)=NO. The van der Waals surface area contributed by atoms with Crippen LogP contribution < -0.4 is 5.73 Å². The number of amidine groups is 1. The molecule has 1 rings (SSSR count). The Morgan fingerprint density at radius 2 is 2.36 bits per heavy atom. The van der Waals surface area contributed by atoms with Crippen LogP contribution >= 0.6 is 0 Å². The van der Waals surface area contributed by atoms with E-state index in [2.05, 4.69) is 10.1 Å². The van der Waals surface area contributed by atoms with Gasteiger partial charge in [0.25, 0.3) is 0 Å². The van der Waals surface area contributed by atoms with Crippen LogP contribution in [0.15, 0.2) is 5.16 Å². The molecule has 0 spiro atoms. The molecule has 5 nitrogen and oxygen atoms in total. The molecular formula is C9H19N3O2. The van der Waals surface area contributed by atoms with Gasteiger partial charge >= 0.3 is 0 Å². The largest absolute Gasteiger partial charge is 0.409 e. The average Bonchev–Trinajstić information content (AvgIpc) is 2.65. The smallest absolute Gasteiger partial charge is 0.139 e. The molecule has 82 valence electrons. The number of hydrogen-bond donors (Lipinski definition) is 3. The summed E-state index contributed by atoms with van der Waals surface area (Å²) >= 11 is 0. The van der Waals surface area contributed by atoms with Gasteiger partial charge in [-0.1, -0.05) is 5.16 Å². The highest BCUT2D eigenvalue weighted by Gasteiger charge is 2.20. The number of aliphatic hydroxyl groups is 1. The molecule has 1 atom stereocenters. The molecule has 1 saturated heterocycles. The van der Waals surface area contributed by atoms with Crippen molar-refractivity contribution in [3.8, 4) is 0 Å². The summed E-state index contributed by atoms with van der Waals surface area (Å²) in [5.74, 6) is 0.738. The van der Waals surface area contributed by atoms with Crippen molar-refractivity contribution in [2.75, 3.05) is 26.2 Å². The summed E-state index contributed by atoms with van der Waals surface area (Å²) in [6, 6.07) is 0. The first kappa shape index (κ1) is 11.3. The molecule has 0 aromatic heterocycles. The van der Waals surface area contributed by atoms with Gasteiger partial charge in [0.2, 0.25) is 0 Å². The van der Waals surface area contributed by atoms with Crippen molar-refractivity contribution in [3.63, 3.8) is 0 Å². The van der Waals surface area contributed by atoms with Crippen molar-refractivity contribution < 1.29 is 10.3 Å². The van der Waals surface area contributed by atoms with Crippen LogP contribution in [0.2, 0.25) is 0 Å². The zero-order valence-corrected chi connectivity index (χ0v) is 8.39. The zero-order valence-electron chi connectivity index (χ0n) is 8.39. The Bertz CT molecular complexity index is 196. The van der Waals surface area contributed by atoms with Gasteiger partial charge in [0.15, 0.2) is 0 Å². The lowest BCUT2D eigenvalue weighted by Gasteiger charge is -2.14. The Kier molecular flexibility index (Phi) is 4.69. The summed E-state index contributed by atoms with van der Waals surface area (Å²) in [7, 11) is 0. The fourth-order valence-electron chi connectivity index (χ4n) is 1.80. The predicted octanol–water partition coefficient (Wildman–Crippen LogP) is -0.173. The Hall–Kier alpha value is -0.810. The monoisotopic (exact) mass is 201 g/mol. The molecule has 0 aromatic carbocycles. The Morgan fingerprint density at radius 1 is 1.57 bits per heavy atom. The summed E-state index contributed by atoms with van der Waals surface area (Å²) in [4.78, 5) is 2.31. The minimum absolute atomic E-state index is 0.288. The van der Waals surface area contributed by atoms with E-state index in [9.17, 15) is 0 Å². The van der Waals surface area contributed by atoms with Crippen molar-refractivity contribution in [1.29, 1.82) is 0 Å². The standard InChI is InChI=1S/C9H19N3O2/c10-9(11-14)2-1-4-12-5-3-8(6-12)7-13/h8,13-14H,1-7H2,(H2,10,11). The quantitative estimate of drug-likeness (QED) is 0.249. The van der Waals surface area contributed by atoms with Gasteiger partial charge in [0.05, 0.1) is 0 Å². The summed E-state index contributed by atoms with van der Waals surface area (Å²) in [5.41, 5.74) is 5.35. The molecule has 1 aliphatic rings. The second kappa shape index (κ2) is 5.82. The highest BCUT2D eigenvalue weighted by Crippen LogP contribution is 2.15. The van der Waals surface area contributed by atoms with Crippen molar-refractivity contribution >= 4 is 5.84 Å².